The van der Waals surface area contributed by atoms with Crippen LogP contribution in [-0.4, -0.2) is 34.6 Å². The molecule has 0 aromatic carbocycles. The van der Waals surface area contributed by atoms with Gasteiger partial charge >= 0.3 is 12.0 Å². The largest absolute Gasteiger partial charge is 0.480 e. The van der Waals surface area contributed by atoms with Crippen molar-refractivity contribution in [3.8, 4) is 0 Å². The molecule has 0 bridgehead atoms. The van der Waals surface area contributed by atoms with Crippen molar-refractivity contribution in [2.75, 3.05) is 0 Å². The Hall–Kier alpha value is -1.79. The number of hydrogen-bond acceptors (Lipinski definition) is 3. The van der Waals surface area contributed by atoms with Crippen LogP contribution in [0.3, 0.4) is 0 Å². The van der Waals surface area contributed by atoms with Crippen LogP contribution in [0.5, 0.6) is 0 Å². The van der Waals surface area contributed by atoms with Crippen LogP contribution in [-0.2, 0) is 9.59 Å². The van der Waals surface area contributed by atoms with Crippen molar-refractivity contribution in [2.24, 2.45) is 5.73 Å². The first-order chi connectivity index (χ1) is 8.74. The van der Waals surface area contributed by atoms with Crippen molar-refractivity contribution >= 4 is 17.9 Å². The first-order valence-corrected chi connectivity index (χ1v) is 6.34. The molecule has 0 heterocycles. The van der Waals surface area contributed by atoms with Crippen LogP contribution in [0.25, 0.3) is 0 Å². The van der Waals surface area contributed by atoms with Gasteiger partial charge < -0.3 is 21.5 Å². The van der Waals surface area contributed by atoms with Crippen molar-refractivity contribution in [2.45, 2.75) is 58.0 Å². The molecular weight excluding hydrogens is 250 g/mol. The second-order valence-corrected chi connectivity index (χ2v) is 4.76. The lowest BCUT2D eigenvalue weighted by molar-refractivity contribution is -0.139. The molecule has 0 unspecified atom stereocenters. The lowest BCUT2D eigenvalue weighted by Gasteiger charge is -2.29. The van der Waals surface area contributed by atoms with Gasteiger partial charge in [-0.15, -0.1) is 0 Å². The molecule has 3 amide bonds. The molecule has 0 aliphatic rings. The van der Waals surface area contributed by atoms with Gasteiger partial charge in [0.1, 0.15) is 6.04 Å². The summed E-state index contributed by atoms with van der Waals surface area (Å²) in [4.78, 5) is 33.3. The van der Waals surface area contributed by atoms with Crippen LogP contribution in [0.15, 0.2) is 0 Å². The predicted octanol–water partition coefficient (Wildman–Crippen LogP) is 0.583. The van der Waals surface area contributed by atoms with Crippen molar-refractivity contribution in [1.82, 2.24) is 10.6 Å². The molecule has 0 radical (unpaired) electrons. The van der Waals surface area contributed by atoms with Gasteiger partial charge in [-0.2, -0.15) is 0 Å². The number of carboxylic acids is 1. The van der Waals surface area contributed by atoms with Gasteiger partial charge in [-0.05, 0) is 26.2 Å². The lowest BCUT2D eigenvalue weighted by Crippen LogP contribution is -2.53. The maximum atomic E-state index is 11.7. The molecule has 0 aliphatic heterocycles. The minimum atomic E-state index is -1.19. The maximum absolute atomic E-state index is 11.7. The molecular formula is C12H23N3O4. The Bertz CT molecular complexity index is 340. The Morgan fingerprint density at radius 3 is 2.16 bits per heavy atom. The minimum absolute atomic E-state index is 0.0208. The van der Waals surface area contributed by atoms with Gasteiger partial charge in [-0.25, -0.2) is 9.59 Å². The number of carboxylic acid groups (broad SMARTS) is 1. The van der Waals surface area contributed by atoms with Gasteiger partial charge in [0.05, 0.1) is 0 Å². The summed E-state index contributed by atoms with van der Waals surface area (Å²) in [5.74, 6) is -1.79. The third-order valence-electron chi connectivity index (χ3n) is 3.26. The summed E-state index contributed by atoms with van der Waals surface area (Å²) >= 11 is 0. The van der Waals surface area contributed by atoms with Crippen molar-refractivity contribution in [3.05, 3.63) is 0 Å². The van der Waals surface area contributed by atoms with Gasteiger partial charge in [0.15, 0.2) is 0 Å². The second-order valence-electron chi connectivity index (χ2n) is 4.76. The van der Waals surface area contributed by atoms with Crippen LogP contribution >= 0.6 is 0 Å². The zero-order chi connectivity index (χ0) is 15.1. The highest BCUT2D eigenvalue weighted by atomic mass is 16.4. The monoisotopic (exact) mass is 273 g/mol. The number of aliphatic carboxylic acids is 1. The van der Waals surface area contributed by atoms with E-state index in [-0.39, 0.29) is 18.4 Å². The maximum Gasteiger partial charge on any atom is 0.326 e. The van der Waals surface area contributed by atoms with Crippen LogP contribution in [0.4, 0.5) is 4.79 Å². The van der Waals surface area contributed by atoms with E-state index in [9.17, 15) is 14.4 Å². The average molecular weight is 273 g/mol. The molecule has 0 aromatic heterocycles. The van der Waals surface area contributed by atoms with E-state index in [1.165, 1.54) is 0 Å². The molecule has 110 valence electrons. The fraction of sp³-hybridized carbons (Fsp3) is 0.750. The van der Waals surface area contributed by atoms with E-state index in [0.717, 1.165) is 12.8 Å². The number of urea groups is 1. The van der Waals surface area contributed by atoms with E-state index in [1.54, 1.807) is 0 Å². The van der Waals surface area contributed by atoms with Crippen LogP contribution in [0, 0.1) is 0 Å². The number of carbonyl (C=O) groups excluding carboxylic acids is 2. The van der Waals surface area contributed by atoms with Gasteiger partial charge in [0.2, 0.25) is 5.91 Å². The molecule has 7 heteroatoms. The molecule has 0 rings (SSSR count). The minimum Gasteiger partial charge on any atom is -0.480 e. The summed E-state index contributed by atoms with van der Waals surface area (Å²) in [6.45, 7) is 5.75. The smallest absolute Gasteiger partial charge is 0.326 e. The topological polar surface area (TPSA) is 122 Å². The third kappa shape index (κ3) is 6.64. The Morgan fingerprint density at radius 2 is 1.79 bits per heavy atom. The average Bonchev–Trinajstić information content (AvgIpc) is 2.33. The van der Waals surface area contributed by atoms with Crippen LogP contribution in [0.2, 0.25) is 0 Å². The zero-order valence-electron chi connectivity index (χ0n) is 11.7. The second kappa shape index (κ2) is 7.60. The Morgan fingerprint density at radius 1 is 1.26 bits per heavy atom. The summed E-state index contributed by atoms with van der Waals surface area (Å²) in [5, 5.41) is 14.0. The number of hydrogen-bond donors (Lipinski definition) is 4. The van der Waals surface area contributed by atoms with E-state index in [0.29, 0.717) is 0 Å². The number of amides is 3. The van der Waals surface area contributed by atoms with Crippen molar-refractivity contribution in [1.29, 1.82) is 0 Å². The SMILES string of the molecule is CCC(C)(CC)NC(=O)N[C@H](CCC(N)=O)C(=O)O. The lowest BCUT2D eigenvalue weighted by atomic mass is 9.96. The summed E-state index contributed by atoms with van der Waals surface area (Å²) in [7, 11) is 0. The molecule has 0 saturated carbocycles. The number of nitrogens with one attached hydrogen (secondary N) is 2. The molecule has 5 N–H and O–H groups in total. The Balaban J connectivity index is 4.47. The summed E-state index contributed by atoms with van der Waals surface area (Å²) in [5.41, 5.74) is 4.58. The first-order valence-electron chi connectivity index (χ1n) is 6.34. The molecule has 0 aromatic rings. The standard InChI is InChI=1S/C12H23N3O4/c1-4-12(3,5-2)15-11(19)14-8(10(17)18)6-7-9(13)16/h8H,4-7H2,1-3H3,(H2,13,16)(H,17,18)(H2,14,15,19)/t8-/m1/s1. The summed E-state index contributed by atoms with van der Waals surface area (Å²) in [6, 6.07) is -1.67. The van der Waals surface area contributed by atoms with Gasteiger partial charge in [0.25, 0.3) is 0 Å². The highest BCUT2D eigenvalue weighted by molar-refractivity contribution is 5.83. The van der Waals surface area contributed by atoms with Gasteiger partial charge in [0, 0.05) is 12.0 Å². The van der Waals surface area contributed by atoms with E-state index in [4.69, 9.17) is 10.8 Å². The molecule has 19 heavy (non-hydrogen) atoms. The number of carbonyl (C=O) groups is 3. The Labute approximate surface area is 112 Å². The molecule has 1 atom stereocenters. The Kier molecular flexibility index (Phi) is 6.89. The molecule has 0 saturated heterocycles. The highest BCUT2D eigenvalue weighted by Gasteiger charge is 2.25. The number of nitrogens with two attached hydrogens (primary N) is 1. The zero-order valence-corrected chi connectivity index (χ0v) is 11.7. The predicted molar refractivity (Wildman–Crippen MR) is 70.5 cm³/mol. The molecule has 7 nitrogen and oxygen atoms in total. The highest BCUT2D eigenvalue weighted by Crippen LogP contribution is 2.13. The van der Waals surface area contributed by atoms with E-state index >= 15 is 0 Å². The fourth-order valence-electron chi connectivity index (χ4n) is 1.44. The van der Waals surface area contributed by atoms with Gasteiger partial charge in [-0.3, -0.25) is 4.79 Å². The number of rotatable bonds is 8. The van der Waals surface area contributed by atoms with Crippen molar-refractivity contribution in [3.63, 3.8) is 0 Å². The molecule has 0 spiro atoms. The van der Waals surface area contributed by atoms with Crippen LogP contribution < -0.4 is 16.4 Å². The molecule has 0 aliphatic carbocycles. The normalized spacial score (nSPS) is 12.6. The number of primary amides is 1. The summed E-state index contributed by atoms with van der Waals surface area (Å²) in [6.07, 6.45) is 1.36. The van der Waals surface area contributed by atoms with E-state index < -0.39 is 23.9 Å². The van der Waals surface area contributed by atoms with Gasteiger partial charge in [-0.1, -0.05) is 13.8 Å². The molecule has 0 fully saturated rings. The van der Waals surface area contributed by atoms with Crippen molar-refractivity contribution < 1.29 is 19.5 Å². The summed E-state index contributed by atoms with van der Waals surface area (Å²) < 4.78 is 0. The van der Waals surface area contributed by atoms with Crippen LogP contribution in [0.1, 0.15) is 46.5 Å². The van der Waals surface area contributed by atoms with E-state index in [1.807, 2.05) is 20.8 Å². The van der Waals surface area contributed by atoms with E-state index in [2.05, 4.69) is 10.6 Å². The quantitative estimate of drug-likeness (QED) is 0.516. The fourth-order valence-corrected chi connectivity index (χ4v) is 1.44. The third-order valence-corrected chi connectivity index (χ3v) is 3.26. The first kappa shape index (κ1) is 17.2.